The zero-order valence-corrected chi connectivity index (χ0v) is 13.2. The summed E-state index contributed by atoms with van der Waals surface area (Å²) in [6.07, 6.45) is 2.38. The van der Waals surface area contributed by atoms with E-state index in [4.69, 9.17) is 23.2 Å². The molecule has 1 aromatic carbocycles. The molecule has 0 spiro atoms. The van der Waals surface area contributed by atoms with Crippen LogP contribution in [0.25, 0.3) is 0 Å². The Bertz CT molecular complexity index is 636. The fraction of sp³-hybridized carbons (Fsp3) is 0.333. The van der Waals surface area contributed by atoms with Gasteiger partial charge in [0.1, 0.15) is 5.82 Å². The highest BCUT2D eigenvalue weighted by molar-refractivity contribution is 6.39. The maximum atomic E-state index is 6.19. The van der Waals surface area contributed by atoms with Crippen LogP contribution in [-0.2, 0) is 0 Å². The van der Waals surface area contributed by atoms with Crippen molar-refractivity contribution in [1.82, 2.24) is 9.97 Å². The van der Waals surface area contributed by atoms with E-state index in [9.17, 15) is 0 Å². The van der Waals surface area contributed by atoms with Crippen LogP contribution in [0.1, 0.15) is 31.4 Å². The summed E-state index contributed by atoms with van der Waals surface area (Å²) in [6, 6.07) is 7.38. The minimum absolute atomic E-state index is 0.549. The van der Waals surface area contributed by atoms with Crippen molar-refractivity contribution in [3.8, 4) is 0 Å². The molecule has 1 aromatic heterocycles. The van der Waals surface area contributed by atoms with Crippen molar-refractivity contribution in [2.75, 3.05) is 17.2 Å². The van der Waals surface area contributed by atoms with Gasteiger partial charge in [-0.05, 0) is 31.9 Å². The predicted octanol–water partition coefficient (Wildman–Crippen LogP) is 4.84. The molecule has 1 heterocycles. The van der Waals surface area contributed by atoms with Crippen LogP contribution < -0.4 is 10.6 Å². The average molecular weight is 323 g/mol. The minimum atomic E-state index is 0.549. The number of nitrogens with one attached hydrogen (secondary N) is 2. The zero-order valence-electron chi connectivity index (χ0n) is 11.7. The highest BCUT2D eigenvalue weighted by Gasteiger charge is 2.26. The van der Waals surface area contributed by atoms with Gasteiger partial charge in [-0.15, -0.1) is 0 Å². The number of nitrogens with zero attached hydrogens (tertiary/aromatic N) is 2. The molecule has 0 unspecified atom stereocenters. The maximum Gasteiger partial charge on any atom is 0.224 e. The Kier molecular flexibility index (Phi) is 4.17. The van der Waals surface area contributed by atoms with Gasteiger partial charge in [0.05, 0.1) is 21.4 Å². The van der Waals surface area contributed by atoms with Crippen molar-refractivity contribution < 1.29 is 0 Å². The lowest BCUT2D eigenvalue weighted by Crippen LogP contribution is -2.06. The van der Waals surface area contributed by atoms with E-state index >= 15 is 0 Å². The first-order valence-corrected chi connectivity index (χ1v) is 7.77. The van der Waals surface area contributed by atoms with Crippen molar-refractivity contribution in [2.24, 2.45) is 0 Å². The van der Waals surface area contributed by atoms with Crippen LogP contribution in [0.4, 0.5) is 17.5 Å². The Morgan fingerprint density at radius 3 is 2.52 bits per heavy atom. The van der Waals surface area contributed by atoms with Crippen molar-refractivity contribution in [3.63, 3.8) is 0 Å². The normalized spacial score (nSPS) is 14.0. The summed E-state index contributed by atoms with van der Waals surface area (Å²) in [7, 11) is 0. The smallest absolute Gasteiger partial charge is 0.224 e. The quantitative estimate of drug-likeness (QED) is 0.827. The molecule has 1 saturated carbocycles. The van der Waals surface area contributed by atoms with E-state index in [1.807, 2.05) is 19.1 Å². The van der Waals surface area contributed by atoms with Gasteiger partial charge in [0.2, 0.25) is 5.95 Å². The van der Waals surface area contributed by atoms with Crippen molar-refractivity contribution in [1.29, 1.82) is 0 Å². The number of hydrogen-bond acceptors (Lipinski definition) is 4. The van der Waals surface area contributed by atoms with Gasteiger partial charge in [-0.25, -0.2) is 4.98 Å². The number of hydrogen-bond donors (Lipinski definition) is 2. The topological polar surface area (TPSA) is 49.8 Å². The first-order chi connectivity index (χ1) is 10.2. The Labute approximate surface area is 133 Å². The number of anilines is 3. The lowest BCUT2D eigenvalue weighted by Gasteiger charge is -2.12. The molecular formula is C15H16Cl2N4. The van der Waals surface area contributed by atoms with Crippen LogP contribution in [0.3, 0.4) is 0 Å². The lowest BCUT2D eigenvalue weighted by atomic mass is 10.2. The molecule has 0 amide bonds. The van der Waals surface area contributed by atoms with Crippen LogP contribution in [0.2, 0.25) is 10.0 Å². The first-order valence-electron chi connectivity index (χ1n) is 7.01. The van der Waals surface area contributed by atoms with Gasteiger partial charge in [0.15, 0.2) is 0 Å². The predicted molar refractivity (Wildman–Crippen MR) is 87.9 cm³/mol. The summed E-state index contributed by atoms with van der Waals surface area (Å²) in [4.78, 5) is 9.00. The van der Waals surface area contributed by atoms with E-state index in [2.05, 4.69) is 20.6 Å². The van der Waals surface area contributed by atoms with E-state index in [0.29, 0.717) is 33.4 Å². The fourth-order valence-electron chi connectivity index (χ4n) is 2.10. The summed E-state index contributed by atoms with van der Waals surface area (Å²) in [5.41, 5.74) is 1.73. The number of para-hydroxylation sites is 1. The van der Waals surface area contributed by atoms with Gasteiger partial charge in [-0.1, -0.05) is 29.3 Å². The van der Waals surface area contributed by atoms with Gasteiger partial charge in [-0.2, -0.15) is 4.98 Å². The molecule has 0 atom stereocenters. The molecule has 1 aliphatic carbocycles. The van der Waals surface area contributed by atoms with E-state index in [1.54, 1.807) is 12.1 Å². The van der Waals surface area contributed by atoms with E-state index in [1.165, 1.54) is 12.8 Å². The molecule has 6 heteroatoms. The molecule has 110 valence electrons. The first kappa shape index (κ1) is 14.4. The molecule has 3 rings (SSSR count). The Morgan fingerprint density at radius 2 is 1.90 bits per heavy atom. The van der Waals surface area contributed by atoms with Crippen LogP contribution in [-0.4, -0.2) is 16.5 Å². The monoisotopic (exact) mass is 322 g/mol. The lowest BCUT2D eigenvalue weighted by molar-refractivity contribution is 0.978. The Balaban J connectivity index is 1.93. The summed E-state index contributed by atoms with van der Waals surface area (Å²) < 4.78 is 0. The second kappa shape index (κ2) is 6.08. The highest BCUT2D eigenvalue weighted by atomic mass is 35.5. The molecule has 0 saturated heterocycles. The van der Waals surface area contributed by atoms with Gasteiger partial charge in [-0.3, -0.25) is 0 Å². The highest BCUT2D eigenvalue weighted by Crippen LogP contribution is 2.40. The SMILES string of the molecule is CCNc1nc(Nc2c(Cl)cccc2Cl)cc(C2CC2)n1. The Hall–Kier alpha value is -1.52. The minimum Gasteiger partial charge on any atom is -0.354 e. The van der Waals surface area contributed by atoms with Crippen molar-refractivity contribution >= 4 is 40.7 Å². The average Bonchev–Trinajstić information content (AvgIpc) is 3.28. The molecule has 4 nitrogen and oxygen atoms in total. The summed E-state index contributed by atoms with van der Waals surface area (Å²) in [5.74, 6) is 1.89. The van der Waals surface area contributed by atoms with Crippen LogP contribution in [0.5, 0.6) is 0 Å². The van der Waals surface area contributed by atoms with E-state index in [-0.39, 0.29) is 0 Å². The summed E-state index contributed by atoms with van der Waals surface area (Å²) in [5, 5.41) is 7.50. The second-order valence-corrected chi connectivity index (χ2v) is 5.84. The molecule has 21 heavy (non-hydrogen) atoms. The number of benzene rings is 1. The third-order valence-corrected chi connectivity index (χ3v) is 3.92. The Morgan fingerprint density at radius 1 is 1.19 bits per heavy atom. The molecule has 0 radical (unpaired) electrons. The second-order valence-electron chi connectivity index (χ2n) is 5.03. The molecule has 0 bridgehead atoms. The number of aromatic nitrogens is 2. The molecule has 1 aliphatic rings. The number of halogens is 2. The summed E-state index contributed by atoms with van der Waals surface area (Å²) in [6.45, 7) is 2.80. The molecule has 2 aromatic rings. The zero-order chi connectivity index (χ0) is 14.8. The van der Waals surface area contributed by atoms with Crippen LogP contribution in [0, 0.1) is 0 Å². The van der Waals surface area contributed by atoms with Gasteiger partial charge >= 0.3 is 0 Å². The fourth-order valence-corrected chi connectivity index (χ4v) is 2.59. The van der Waals surface area contributed by atoms with Crippen molar-refractivity contribution in [2.45, 2.75) is 25.7 Å². The van der Waals surface area contributed by atoms with Crippen LogP contribution in [0.15, 0.2) is 24.3 Å². The largest absolute Gasteiger partial charge is 0.354 e. The number of rotatable bonds is 5. The van der Waals surface area contributed by atoms with Gasteiger partial charge in [0, 0.05) is 18.5 Å². The molecule has 2 N–H and O–H groups in total. The maximum absolute atomic E-state index is 6.19. The van der Waals surface area contributed by atoms with Crippen LogP contribution >= 0.6 is 23.2 Å². The molecule has 1 fully saturated rings. The molecule has 0 aliphatic heterocycles. The van der Waals surface area contributed by atoms with E-state index in [0.717, 1.165) is 12.2 Å². The molecular weight excluding hydrogens is 307 g/mol. The van der Waals surface area contributed by atoms with Gasteiger partial charge < -0.3 is 10.6 Å². The summed E-state index contributed by atoms with van der Waals surface area (Å²) >= 11 is 12.4. The van der Waals surface area contributed by atoms with Crippen molar-refractivity contribution in [3.05, 3.63) is 40.0 Å². The van der Waals surface area contributed by atoms with Gasteiger partial charge in [0.25, 0.3) is 0 Å². The third kappa shape index (κ3) is 3.39. The standard InChI is InChI=1S/C15H16Cl2N4/c1-2-18-15-19-12(9-6-7-9)8-13(21-15)20-14-10(16)4-3-5-11(14)17/h3-5,8-9H,2,6-7H2,1H3,(H2,18,19,20,21). The van der Waals surface area contributed by atoms with E-state index < -0.39 is 0 Å². The third-order valence-electron chi connectivity index (χ3n) is 3.29.